The molecule has 2 aliphatic rings. The molecule has 2 N–H and O–H groups in total. The summed E-state index contributed by atoms with van der Waals surface area (Å²) >= 11 is 0. The van der Waals surface area contributed by atoms with Crippen LogP contribution in [0.1, 0.15) is 54.8 Å². The second-order valence-electron chi connectivity index (χ2n) is 8.36. The average molecular weight is 357 g/mol. The van der Waals surface area contributed by atoms with Gasteiger partial charge in [-0.05, 0) is 29.9 Å². The lowest BCUT2D eigenvalue weighted by Gasteiger charge is -2.44. The second-order valence-corrected chi connectivity index (χ2v) is 8.36. The van der Waals surface area contributed by atoms with Crippen LogP contribution in [0.3, 0.4) is 0 Å². The van der Waals surface area contributed by atoms with E-state index < -0.39 is 6.04 Å². The average Bonchev–Trinajstić information content (AvgIpc) is 2.83. The lowest BCUT2D eigenvalue weighted by atomic mass is 9.79. The Labute approximate surface area is 154 Å². The molecule has 2 aliphatic heterocycles. The fraction of sp³-hybridized carbons (Fsp3) is 0.550. The van der Waals surface area contributed by atoms with Crippen molar-refractivity contribution in [1.82, 2.24) is 9.80 Å². The van der Waals surface area contributed by atoms with E-state index in [1.807, 2.05) is 27.7 Å². The number of imide groups is 1. The number of hydrogen-bond donors (Lipinski definition) is 1. The number of carbonyl (C=O) groups excluding carboxylic acids is 3. The maximum Gasteiger partial charge on any atom is 0.262 e. The van der Waals surface area contributed by atoms with Crippen LogP contribution < -0.4 is 5.73 Å². The predicted molar refractivity (Wildman–Crippen MR) is 98.5 cm³/mol. The van der Waals surface area contributed by atoms with Gasteiger partial charge in [0.15, 0.2) is 0 Å². The predicted octanol–water partition coefficient (Wildman–Crippen LogP) is 1.89. The Kier molecular flexibility index (Phi) is 4.65. The summed E-state index contributed by atoms with van der Waals surface area (Å²) in [7, 11) is 0. The molecule has 1 aromatic rings. The maximum atomic E-state index is 13.3. The van der Waals surface area contributed by atoms with Crippen molar-refractivity contribution < 1.29 is 14.4 Å². The highest BCUT2D eigenvalue weighted by molar-refractivity contribution is 6.22. The van der Waals surface area contributed by atoms with Gasteiger partial charge in [-0.3, -0.25) is 19.3 Å². The normalized spacial score (nSPS) is 23.4. The minimum atomic E-state index is -0.799. The number of fused-ring (bicyclic) bond motifs is 1. The molecule has 140 valence electrons. The fourth-order valence-electron chi connectivity index (χ4n) is 3.90. The number of benzene rings is 1. The van der Waals surface area contributed by atoms with Gasteiger partial charge in [-0.15, -0.1) is 0 Å². The van der Waals surface area contributed by atoms with Gasteiger partial charge in [0.05, 0.1) is 11.1 Å². The first-order valence-corrected chi connectivity index (χ1v) is 9.16. The van der Waals surface area contributed by atoms with Crippen molar-refractivity contribution in [3.63, 3.8) is 0 Å². The zero-order chi connectivity index (χ0) is 19.2. The molecule has 2 atom stereocenters. The Morgan fingerprint density at radius 3 is 2.15 bits per heavy atom. The van der Waals surface area contributed by atoms with Gasteiger partial charge in [-0.1, -0.05) is 39.8 Å². The standard InChI is InChI=1S/C20H27N3O3/c1-12(2)16(19(26)22-10-9-15(21)20(3,4)11-22)23-17(24)13-7-5-6-8-14(13)18(23)25/h5-8,12,15-16H,9-11,21H2,1-4H3. The minimum absolute atomic E-state index is 0.0309. The van der Waals surface area contributed by atoms with Gasteiger partial charge in [-0.25, -0.2) is 0 Å². The van der Waals surface area contributed by atoms with Crippen molar-refractivity contribution in [1.29, 1.82) is 0 Å². The van der Waals surface area contributed by atoms with E-state index in [1.54, 1.807) is 29.2 Å². The first kappa shape index (κ1) is 18.6. The molecule has 0 spiro atoms. The smallest absolute Gasteiger partial charge is 0.262 e. The van der Waals surface area contributed by atoms with E-state index in [0.717, 1.165) is 4.90 Å². The molecule has 0 aromatic heterocycles. The second kappa shape index (κ2) is 6.50. The topological polar surface area (TPSA) is 83.7 Å². The molecule has 6 nitrogen and oxygen atoms in total. The number of hydrogen-bond acceptors (Lipinski definition) is 4. The molecule has 0 bridgehead atoms. The quantitative estimate of drug-likeness (QED) is 0.838. The third kappa shape index (κ3) is 2.92. The summed E-state index contributed by atoms with van der Waals surface area (Å²) in [5.74, 6) is -1.12. The fourth-order valence-corrected chi connectivity index (χ4v) is 3.90. The van der Waals surface area contributed by atoms with Gasteiger partial charge in [0.2, 0.25) is 5.91 Å². The number of nitrogens with two attached hydrogens (primary N) is 1. The molecule has 26 heavy (non-hydrogen) atoms. The first-order chi connectivity index (χ1) is 12.1. The summed E-state index contributed by atoms with van der Waals surface area (Å²) in [6, 6.07) is 5.97. The number of piperidine rings is 1. The molecule has 1 saturated heterocycles. The third-order valence-electron chi connectivity index (χ3n) is 5.61. The molecule has 1 aromatic carbocycles. The molecule has 2 unspecified atom stereocenters. The molecule has 6 heteroatoms. The lowest BCUT2D eigenvalue weighted by molar-refractivity contribution is -0.140. The molecule has 0 radical (unpaired) electrons. The van der Waals surface area contributed by atoms with Crippen LogP contribution in [-0.4, -0.2) is 52.7 Å². The van der Waals surface area contributed by atoms with Gasteiger partial charge < -0.3 is 10.6 Å². The molecular formula is C20H27N3O3. The van der Waals surface area contributed by atoms with Crippen LogP contribution in [0.2, 0.25) is 0 Å². The monoisotopic (exact) mass is 357 g/mol. The van der Waals surface area contributed by atoms with Crippen molar-refractivity contribution in [3.05, 3.63) is 35.4 Å². The zero-order valence-corrected chi connectivity index (χ0v) is 15.9. The van der Waals surface area contributed by atoms with E-state index in [-0.39, 0.29) is 35.1 Å². The van der Waals surface area contributed by atoms with Crippen molar-refractivity contribution >= 4 is 17.7 Å². The zero-order valence-electron chi connectivity index (χ0n) is 15.9. The molecule has 3 amide bonds. The number of rotatable bonds is 3. The summed E-state index contributed by atoms with van der Waals surface area (Å²) in [4.78, 5) is 41.9. The lowest BCUT2D eigenvalue weighted by Crippen LogP contribution is -2.59. The Bertz CT molecular complexity index is 721. The molecule has 0 aliphatic carbocycles. The Morgan fingerprint density at radius 1 is 1.15 bits per heavy atom. The van der Waals surface area contributed by atoms with Gasteiger partial charge in [0.25, 0.3) is 11.8 Å². The van der Waals surface area contributed by atoms with E-state index in [4.69, 9.17) is 5.73 Å². The van der Waals surface area contributed by atoms with Crippen LogP contribution in [0.25, 0.3) is 0 Å². The number of likely N-dealkylation sites (tertiary alicyclic amines) is 1. The Balaban J connectivity index is 1.90. The van der Waals surface area contributed by atoms with Crippen molar-refractivity contribution in [2.24, 2.45) is 17.1 Å². The van der Waals surface area contributed by atoms with Crippen LogP contribution in [0.5, 0.6) is 0 Å². The summed E-state index contributed by atoms with van der Waals surface area (Å²) in [5, 5.41) is 0. The van der Waals surface area contributed by atoms with Crippen LogP contribution in [0.4, 0.5) is 0 Å². The SMILES string of the molecule is CC(C)C(C(=O)N1CCC(N)C(C)(C)C1)N1C(=O)c2ccccc2C1=O. The van der Waals surface area contributed by atoms with Crippen molar-refractivity contribution in [2.45, 2.75) is 46.2 Å². The highest BCUT2D eigenvalue weighted by Gasteiger charge is 2.46. The van der Waals surface area contributed by atoms with E-state index >= 15 is 0 Å². The van der Waals surface area contributed by atoms with Crippen molar-refractivity contribution in [2.75, 3.05) is 13.1 Å². The molecule has 1 fully saturated rings. The summed E-state index contributed by atoms with van der Waals surface area (Å²) < 4.78 is 0. The van der Waals surface area contributed by atoms with Crippen LogP contribution >= 0.6 is 0 Å². The van der Waals surface area contributed by atoms with E-state index in [1.165, 1.54) is 0 Å². The van der Waals surface area contributed by atoms with E-state index in [9.17, 15) is 14.4 Å². The van der Waals surface area contributed by atoms with E-state index in [0.29, 0.717) is 30.6 Å². The maximum absolute atomic E-state index is 13.3. The van der Waals surface area contributed by atoms with Gasteiger partial charge in [-0.2, -0.15) is 0 Å². The number of nitrogens with zero attached hydrogens (tertiary/aromatic N) is 2. The van der Waals surface area contributed by atoms with Crippen LogP contribution in [0, 0.1) is 11.3 Å². The molecule has 2 heterocycles. The highest BCUT2D eigenvalue weighted by Crippen LogP contribution is 2.31. The van der Waals surface area contributed by atoms with Crippen molar-refractivity contribution in [3.8, 4) is 0 Å². The Hall–Kier alpha value is -2.21. The Morgan fingerprint density at radius 2 is 1.69 bits per heavy atom. The third-order valence-corrected chi connectivity index (χ3v) is 5.61. The molecule has 3 rings (SSSR count). The van der Waals surface area contributed by atoms with Gasteiger partial charge >= 0.3 is 0 Å². The van der Waals surface area contributed by atoms with Gasteiger partial charge in [0, 0.05) is 19.1 Å². The molecule has 0 saturated carbocycles. The number of carbonyl (C=O) groups is 3. The molecular weight excluding hydrogens is 330 g/mol. The summed E-state index contributed by atoms with van der Waals surface area (Å²) in [5.41, 5.74) is 6.73. The highest BCUT2D eigenvalue weighted by atomic mass is 16.2. The van der Waals surface area contributed by atoms with Gasteiger partial charge in [0.1, 0.15) is 6.04 Å². The largest absolute Gasteiger partial charge is 0.340 e. The first-order valence-electron chi connectivity index (χ1n) is 9.16. The number of amides is 3. The van der Waals surface area contributed by atoms with E-state index in [2.05, 4.69) is 0 Å². The summed E-state index contributed by atoms with van der Waals surface area (Å²) in [6.07, 6.45) is 0.714. The van der Waals surface area contributed by atoms with Crippen LogP contribution in [-0.2, 0) is 4.79 Å². The van der Waals surface area contributed by atoms with Crippen LogP contribution in [0.15, 0.2) is 24.3 Å². The minimum Gasteiger partial charge on any atom is -0.340 e. The summed E-state index contributed by atoms with van der Waals surface area (Å²) in [6.45, 7) is 8.90.